The lowest BCUT2D eigenvalue weighted by Gasteiger charge is -2.35. The number of fused-ring (bicyclic) bond motifs is 1. The lowest BCUT2D eigenvalue weighted by atomic mass is 10.1. The van der Waals surface area contributed by atoms with Gasteiger partial charge in [-0.15, -0.1) is 10.2 Å². The molecule has 4 rings (SSSR count). The molecule has 1 saturated heterocycles. The number of carbonyl (C=O) groups is 1. The van der Waals surface area contributed by atoms with Gasteiger partial charge in [0.05, 0.1) is 0 Å². The Labute approximate surface area is 174 Å². The van der Waals surface area contributed by atoms with E-state index in [4.69, 9.17) is 4.42 Å². The smallest absolute Gasteiger partial charge is 0.349 e. The first kappa shape index (κ1) is 19.9. The molecule has 1 aromatic carbocycles. The van der Waals surface area contributed by atoms with E-state index in [1.54, 1.807) is 23.1 Å². The van der Waals surface area contributed by atoms with E-state index in [1.807, 2.05) is 24.3 Å². The van der Waals surface area contributed by atoms with E-state index in [1.165, 1.54) is 0 Å². The third kappa shape index (κ3) is 3.85. The van der Waals surface area contributed by atoms with Gasteiger partial charge in [0, 0.05) is 44.7 Å². The second-order valence-corrected chi connectivity index (χ2v) is 7.19. The number of hydrogen-bond donors (Lipinski definition) is 0. The van der Waals surface area contributed by atoms with E-state index in [-0.39, 0.29) is 11.5 Å². The average Bonchev–Trinajstić information content (AvgIpc) is 2.79. The molecule has 1 amide bonds. The number of hydrogen-bond acceptors (Lipinski definition) is 7. The Bertz CT molecular complexity index is 1080. The summed E-state index contributed by atoms with van der Waals surface area (Å²) >= 11 is 0. The number of amides is 1. The highest BCUT2D eigenvalue weighted by Crippen LogP contribution is 2.18. The number of piperazine rings is 1. The van der Waals surface area contributed by atoms with Crippen LogP contribution in [0.1, 0.15) is 24.2 Å². The van der Waals surface area contributed by atoms with Crippen molar-refractivity contribution in [3.63, 3.8) is 0 Å². The molecule has 1 aliphatic heterocycles. The van der Waals surface area contributed by atoms with E-state index in [2.05, 4.69) is 33.8 Å². The second kappa shape index (κ2) is 8.52. The van der Waals surface area contributed by atoms with Gasteiger partial charge in [-0.25, -0.2) is 4.79 Å². The molecular formula is C22H25N5O3. The maximum Gasteiger partial charge on any atom is 0.349 e. The molecule has 30 heavy (non-hydrogen) atoms. The summed E-state index contributed by atoms with van der Waals surface area (Å²) in [6.45, 7) is 8.21. The fourth-order valence-corrected chi connectivity index (χ4v) is 3.72. The Balaban J connectivity index is 1.44. The van der Waals surface area contributed by atoms with Crippen molar-refractivity contribution in [2.24, 2.45) is 0 Å². The minimum atomic E-state index is -0.598. The Morgan fingerprint density at radius 1 is 1.03 bits per heavy atom. The van der Waals surface area contributed by atoms with Gasteiger partial charge < -0.3 is 19.1 Å². The van der Waals surface area contributed by atoms with Gasteiger partial charge in [-0.2, -0.15) is 0 Å². The number of anilines is 2. The number of carbonyl (C=O) groups excluding carboxylic acids is 1. The van der Waals surface area contributed by atoms with Gasteiger partial charge in [0.1, 0.15) is 11.1 Å². The van der Waals surface area contributed by atoms with Crippen LogP contribution in [0.4, 0.5) is 11.6 Å². The van der Waals surface area contributed by atoms with Gasteiger partial charge in [-0.05, 0) is 38.1 Å². The van der Waals surface area contributed by atoms with Crippen LogP contribution >= 0.6 is 0 Å². The van der Waals surface area contributed by atoms with Crippen molar-refractivity contribution in [3.8, 4) is 0 Å². The molecule has 0 bridgehead atoms. The molecule has 0 unspecified atom stereocenters. The summed E-state index contributed by atoms with van der Waals surface area (Å²) in [5, 5.41) is 9.44. The molecule has 3 aromatic rings. The van der Waals surface area contributed by atoms with Gasteiger partial charge >= 0.3 is 5.63 Å². The number of rotatable bonds is 5. The van der Waals surface area contributed by atoms with E-state index < -0.39 is 5.63 Å². The molecular weight excluding hydrogens is 382 g/mol. The van der Waals surface area contributed by atoms with Crippen molar-refractivity contribution < 1.29 is 9.21 Å². The first-order valence-corrected chi connectivity index (χ1v) is 10.3. The fourth-order valence-electron chi connectivity index (χ4n) is 3.72. The molecule has 0 N–H and O–H groups in total. The summed E-state index contributed by atoms with van der Waals surface area (Å²) in [6.07, 6.45) is 0. The molecule has 8 nitrogen and oxygen atoms in total. The minimum absolute atomic E-state index is 0.0746. The highest BCUT2D eigenvalue weighted by molar-refractivity contribution is 5.96. The Morgan fingerprint density at radius 3 is 2.43 bits per heavy atom. The summed E-state index contributed by atoms with van der Waals surface area (Å²) < 4.78 is 5.31. The Morgan fingerprint density at radius 2 is 1.77 bits per heavy atom. The van der Waals surface area contributed by atoms with Crippen molar-refractivity contribution in [1.82, 2.24) is 15.1 Å². The van der Waals surface area contributed by atoms with E-state index >= 15 is 0 Å². The molecule has 0 spiro atoms. The van der Waals surface area contributed by atoms with E-state index in [9.17, 15) is 9.59 Å². The van der Waals surface area contributed by atoms with Crippen molar-refractivity contribution in [2.75, 3.05) is 49.1 Å². The molecule has 156 valence electrons. The molecule has 0 atom stereocenters. The van der Waals surface area contributed by atoms with E-state index in [0.29, 0.717) is 31.8 Å². The molecule has 0 radical (unpaired) electrons. The second-order valence-electron chi connectivity index (χ2n) is 7.19. The van der Waals surface area contributed by atoms with Crippen LogP contribution in [0.25, 0.3) is 11.0 Å². The van der Waals surface area contributed by atoms with Crippen LogP contribution in [0, 0.1) is 0 Å². The van der Waals surface area contributed by atoms with Gasteiger partial charge in [-0.3, -0.25) is 4.79 Å². The van der Waals surface area contributed by atoms with Crippen molar-refractivity contribution in [3.05, 3.63) is 58.4 Å². The van der Waals surface area contributed by atoms with Crippen LogP contribution < -0.4 is 15.4 Å². The van der Waals surface area contributed by atoms with Crippen LogP contribution in [0.3, 0.4) is 0 Å². The number of aromatic nitrogens is 2. The molecule has 0 aliphatic carbocycles. The molecule has 3 heterocycles. The lowest BCUT2D eigenvalue weighted by molar-refractivity contribution is 0.0742. The topological polar surface area (TPSA) is 82.8 Å². The number of benzene rings is 1. The first-order valence-electron chi connectivity index (χ1n) is 10.3. The Kier molecular flexibility index (Phi) is 5.65. The Hall–Kier alpha value is -3.42. The van der Waals surface area contributed by atoms with Crippen molar-refractivity contribution >= 4 is 28.5 Å². The summed E-state index contributed by atoms with van der Waals surface area (Å²) in [6, 6.07) is 12.8. The van der Waals surface area contributed by atoms with Crippen LogP contribution in [0.2, 0.25) is 0 Å². The van der Waals surface area contributed by atoms with Gasteiger partial charge in [-0.1, -0.05) is 18.2 Å². The third-order valence-electron chi connectivity index (χ3n) is 5.49. The maximum atomic E-state index is 12.9. The summed E-state index contributed by atoms with van der Waals surface area (Å²) in [5.74, 6) is 1.36. The highest BCUT2D eigenvalue weighted by Gasteiger charge is 2.25. The number of nitrogens with zero attached hydrogens (tertiary/aromatic N) is 5. The van der Waals surface area contributed by atoms with Crippen molar-refractivity contribution in [2.45, 2.75) is 13.8 Å². The molecule has 1 aliphatic rings. The monoisotopic (exact) mass is 407 g/mol. The maximum absolute atomic E-state index is 12.9. The van der Waals surface area contributed by atoms with Gasteiger partial charge in [0.2, 0.25) is 0 Å². The average molecular weight is 407 g/mol. The standard InChI is InChI=1S/C22H25N5O3/c1-3-25(4-2)19-9-10-20(24-23-19)26-11-13-27(14-12-26)21(28)17-15-16-7-5-6-8-18(16)30-22(17)29/h5-10,15H,3-4,11-14H2,1-2H3. The zero-order valence-electron chi connectivity index (χ0n) is 17.2. The molecule has 0 saturated carbocycles. The van der Waals surface area contributed by atoms with Gasteiger partial charge in [0.25, 0.3) is 5.91 Å². The third-order valence-corrected chi connectivity index (χ3v) is 5.49. The molecule has 1 fully saturated rings. The van der Waals surface area contributed by atoms with Crippen LogP contribution in [0.15, 0.2) is 51.7 Å². The van der Waals surface area contributed by atoms with Crippen LogP contribution in [0.5, 0.6) is 0 Å². The zero-order chi connectivity index (χ0) is 21.1. The van der Waals surface area contributed by atoms with Crippen molar-refractivity contribution in [1.29, 1.82) is 0 Å². The quantitative estimate of drug-likeness (QED) is 0.601. The highest BCUT2D eigenvalue weighted by atomic mass is 16.4. The minimum Gasteiger partial charge on any atom is -0.422 e. The summed E-state index contributed by atoms with van der Waals surface area (Å²) in [5.41, 5.74) is -0.0416. The van der Waals surface area contributed by atoms with E-state index in [0.717, 1.165) is 30.1 Å². The first-order chi connectivity index (χ1) is 14.6. The largest absolute Gasteiger partial charge is 0.422 e. The predicted molar refractivity (Wildman–Crippen MR) is 116 cm³/mol. The predicted octanol–water partition coefficient (Wildman–Crippen LogP) is 2.39. The fraction of sp³-hybridized carbons (Fsp3) is 0.364. The lowest BCUT2D eigenvalue weighted by Crippen LogP contribution is -2.49. The molecule has 8 heteroatoms. The molecule has 2 aromatic heterocycles. The van der Waals surface area contributed by atoms with Gasteiger partial charge in [0.15, 0.2) is 11.6 Å². The zero-order valence-corrected chi connectivity index (χ0v) is 17.2. The normalized spacial score (nSPS) is 14.2. The number of para-hydroxylation sites is 1. The summed E-state index contributed by atoms with van der Waals surface area (Å²) in [4.78, 5) is 31.1. The summed E-state index contributed by atoms with van der Waals surface area (Å²) in [7, 11) is 0. The van der Waals surface area contributed by atoms with Crippen LogP contribution in [-0.2, 0) is 0 Å². The SMILES string of the molecule is CCN(CC)c1ccc(N2CCN(C(=O)c3cc4ccccc4oc3=O)CC2)nn1. The van der Waals surface area contributed by atoms with Crippen LogP contribution in [-0.4, -0.2) is 60.3 Å².